The standard InChI is InChI=1S/C8H10N4O4/c13-8(10-3-1-2-4-10)16-11-6-7(5-9-11)12(14)15/h5-6H,1-4H2. The lowest BCUT2D eigenvalue weighted by Gasteiger charge is -2.13. The Hall–Kier alpha value is -2.12. The number of carbonyl (C=O) groups is 1. The van der Waals surface area contributed by atoms with Crippen LogP contribution in [-0.2, 0) is 0 Å². The van der Waals surface area contributed by atoms with Gasteiger partial charge in [-0.2, -0.15) is 0 Å². The Morgan fingerprint density at radius 1 is 1.50 bits per heavy atom. The molecule has 0 atom stereocenters. The van der Waals surface area contributed by atoms with Crippen molar-refractivity contribution in [3.05, 3.63) is 22.5 Å². The van der Waals surface area contributed by atoms with Crippen LogP contribution in [0, 0.1) is 10.1 Å². The van der Waals surface area contributed by atoms with Crippen molar-refractivity contribution in [2.45, 2.75) is 12.8 Å². The van der Waals surface area contributed by atoms with Crippen LogP contribution in [0.3, 0.4) is 0 Å². The largest absolute Gasteiger partial charge is 0.435 e. The molecule has 0 saturated carbocycles. The maximum Gasteiger partial charge on any atom is 0.435 e. The second-order valence-corrected chi connectivity index (χ2v) is 3.41. The van der Waals surface area contributed by atoms with E-state index >= 15 is 0 Å². The summed E-state index contributed by atoms with van der Waals surface area (Å²) >= 11 is 0. The van der Waals surface area contributed by atoms with Crippen LogP contribution in [0.15, 0.2) is 12.4 Å². The molecule has 2 rings (SSSR count). The van der Waals surface area contributed by atoms with E-state index < -0.39 is 11.0 Å². The van der Waals surface area contributed by atoms with E-state index in [2.05, 4.69) is 5.10 Å². The van der Waals surface area contributed by atoms with Gasteiger partial charge in [0.15, 0.2) is 0 Å². The molecule has 1 aromatic rings. The molecule has 86 valence electrons. The highest BCUT2D eigenvalue weighted by Crippen LogP contribution is 2.09. The van der Waals surface area contributed by atoms with Crippen LogP contribution in [0.5, 0.6) is 0 Å². The topological polar surface area (TPSA) is 90.5 Å². The molecule has 0 unspecified atom stereocenters. The lowest BCUT2D eigenvalue weighted by molar-refractivity contribution is -0.385. The molecule has 0 bridgehead atoms. The van der Waals surface area contributed by atoms with Crippen LogP contribution < -0.4 is 4.84 Å². The number of hydrogen-bond donors (Lipinski definition) is 0. The second kappa shape index (κ2) is 4.17. The van der Waals surface area contributed by atoms with E-state index in [0.29, 0.717) is 13.1 Å². The molecule has 0 radical (unpaired) electrons. The van der Waals surface area contributed by atoms with Gasteiger partial charge in [-0.15, -0.1) is 5.10 Å². The average molecular weight is 226 g/mol. The van der Waals surface area contributed by atoms with Gasteiger partial charge in [-0.3, -0.25) is 15.0 Å². The van der Waals surface area contributed by atoms with Gasteiger partial charge >= 0.3 is 11.8 Å². The average Bonchev–Trinajstić information content (AvgIpc) is 2.87. The van der Waals surface area contributed by atoms with E-state index in [1.165, 1.54) is 4.90 Å². The predicted molar refractivity (Wildman–Crippen MR) is 51.7 cm³/mol. The van der Waals surface area contributed by atoms with Crippen LogP contribution >= 0.6 is 0 Å². The second-order valence-electron chi connectivity index (χ2n) is 3.41. The molecule has 0 aliphatic carbocycles. The molecule has 0 spiro atoms. The molecule has 2 heterocycles. The Morgan fingerprint density at radius 2 is 2.19 bits per heavy atom. The maximum absolute atomic E-state index is 11.5. The van der Waals surface area contributed by atoms with Crippen molar-refractivity contribution >= 4 is 11.8 Å². The third-order valence-corrected chi connectivity index (χ3v) is 2.29. The molecule has 1 aliphatic heterocycles. The normalized spacial score (nSPS) is 15.1. The summed E-state index contributed by atoms with van der Waals surface area (Å²) in [5.41, 5.74) is -0.214. The van der Waals surface area contributed by atoms with Crippen molar-refractivity contribution in [1.29, 1.82) is 0 Å². The third-order valence-electron chi connectivity index (χ3n) is 2.29. The highest BCUT2D eigenvalue weighted by Gasteiger charge is 2.21. The minimum Gasteiger partial charge on any atom is -0.306 e. The number of aromatic nitrogens is 2. The molecule has 8 nitrogen and oxygen atoms in total. The van der Waals surface area contributed by atoms with Crippen molar-refractivity contribution in [2.75, 3.05) is 13.1 Å². The minimum atomic E-state index is -0.604. The van der Waals surface area contributed by atoms with Crippen molar-refractivity contribution in [3.8, 4) is 0 Å². The Kier molecular flexibility index (Phi) is 2.71. The fraction of sp³-hybridized carbons (Fsp3) is 0.500. The van der Waals surface area contributed by atoms with Crippen LogP contribution in [0.2, 0.25) is 0 Å². The molecular weight excluding hydrogens is 216 g/mol. The van der Waals surface area contributed by atoms with E-state index in [1.54, 1.807) is 0 Å². The predicted octanol–water partition coefficient (Wildman–Crippen LogP) is 0.436. The van der Waals surface area contributed by atoms with Crippen LogP contribution in [-0.4, -0.2) is 38.9 Å². The van der Waals surface area contributed by atoms with Gasteiger partial charge in [-0.05, 0) is 12.8 Å². The summed E-state index contributed by atoms with van der Waals surface area (Å²) in [6.45, 7) is 1.31. The molecule has 8 heteroatoms. The summed E-state index contributed by atoms with van der Waals surface area (Å²) in [6, 6.07) is 0. The van der Waals surface area contributed by atoms with E-state index in [0.717, 1.165) is 30.1 Å². The van der Waals surface area contributed by atoms with E-state index in [4.69, 9.17) is 4.84 Å². The minimum absolute atomic E-state index is 0.214. The third kappa shape index (κ3) is 2.10. The summed E-state index contributed by atoms with van der Waals surface area (Å²) in [6.07, 6.45) is 3.45. The lowest BCUT2D eigenvalue weighted by Crippen LogP contribution is -2.34. The fourth-order valence-corrected chi connectivity index (χ4v) is 1.48. The summed E-state index contributed by atoms with van der Waals surface area (Å²) < 4.78 is 0. The first-order valence-corrected chi connectivity index (χ1v) is 4.83. The molecule has 0 aromatic carbocycles. The lowest BCUT2D eigenvalue weighted by atomic mass is 10.4. The highest BCUT2D eigenvalue weighted by atomic mass is 16.7. The first-order chi connectivity index (χ1) is 7.66. The number of rotatable bonds is 2. The summed E-state index contributed by atoms with van der Waals surface area (Å²) in [4.78, 5) is 28.4. The number of amides is 1. The van der Waals surface area contributed by atoms with Crippen molar-refractivity contribution in [3.63, 3.8) is 0 Å². The Bertz CT molecular complexity index is 410. The Labute approximate surface area is 90.5 Å². The summed E-state index contributed by atoms with van der Waals surface area (Å²) in [5, 5.41) is 13.9. The number of nitrogens with zero attached hydrogens (tertiary/aromatic N) is 4. The molecular formula is C8H10N4O4. The zero-order valence-corrected chi connectivity index (χ0v) is 8.40. The molecule has 16 heavy (non-hydrogen) atoms. The Morgan fingerprint density at radius 3 is 2.75 bits per heavy atom. The number of carbonyl (C=O) groups excluding carboxylic acids is 1. The Balaban J connectivity index is 1.97. The van der Waals surface area contributed by atoms with Crippen molar-refractivity contribution < 1.29 is 14.6 Å². The molecule has 1 aliphatic rings. The van der Waals surface area contributed by atoms with Gasteiger partial charge in [0, 0.05) is 13.1 Å². The highest BCUT2D eigenvalue weighted by molar-refractivity contribution is 5.68. The molecule has 0 N–H and O–H groups in total. The maximum atomic E-state index is 11.5. The first kappa shape index (κ1) is 10.4. The fourth-order valence-electron chi connectivity index (χ4n) is 1.48. The van der Waals surface area contributed by atoms with Crippen LogP contribution in [0.4, 0.5) is 10.5 Å². The van der Waals surface area contributed by atoms with Gasteiger partial charge in [0.1, 0.15) is 12.4 Å². The molecule has 1 amide bonds. The van der Waals surface area contributed by atoms with Gasteiger partial charge in [0.2, 0.25) is 0 Å². The summed E-state index contributed by atoms with van der Waals surface area (Å²) in [5.74, 6) is 0. The van der Waals surface area contributed by atoms with Crippen LogP contribution in [0.25, 0.3) is 0 Å². The SMILES string of the molecule is O=C(On1cc([N+](=O)[O-])cn1)N1CCCC1. The monoisotopic (exact) mass is 226 g/mol. The van der Waals surface area contributed by atoms with Crippen molar-refractivity contribution in [1.82, 2.24) is 14.8 Å². The van der Waals surface area contributed by atoms with Gasteiger partial charge in [-0.25, -0.2) is 4.79 Å². The van der Waals surface area contributed by atoms with Gasteiger partial charge in [-0.1, -0.05) is 4.85 Å². The molecule has 1 saturated heterocycles. The molecule has 1 fully saturated rings. The van der Waals surface area contributed by atoms with E-state index in [9.17, 15) is 14.9 Å². The smallest absolute Gasteiger partial charge is 0.306 e. The first-order valence-electron chi connectivity index (χ1n) is 4.83. The van der Waals surface area contributed by atoms with Gasteiger partial charge in [0.05, 0.1) is 4.92 Å². The number of hydrogen-bond acceptors (Lipinski definition) is 5. The summed E-state index contributed by atoms with van der Waals surface area (Å²) in [7, 11) is 0. The zero-order chi connectivity index (χ0) is 11.5. The van der Waals surface area contributed by atoms with E-state index in [-0.39, 0.29) is 5.69 Å². The van der Waals surface area contributed by atoms with Crippen molar-refractivity contribution in [2.24, 2.45) is 0 Å². The van der Waals surface area contributed by atoms with Gasteiger partial charge < -0.3 is 4.90 Å². The van der Waals surface area contributed by atoms with Gasteiger partial charge in [0.25, 0.3) is 0 Å². The quantitative estimate of drug-likeness (QED) is 0.539. The number of nitro groups is 1. The molecule has 1 aromatic heterocycles. The van der Waals surface area contributed by atoms with E-state index in [1.807, 2.05) is 0 Å². The zero-order valence-electron chi connectivity index (χ0n) is 8.40. The van der Waals surface area contributed by atoms with Crippen LogP contribution in [0.1, 0.15) is 12.8 Å². The number of likely N-dealkylation sites (tertiary alicyclic amines) is 1.